The summed E-state index contributed by atoms with van der Waals surface area (Å²) in [5.41, 5.74) is 1.03. The van der Waals surface area contributed by atoms with E-state index in [0.717, 1.165) is 30.5 Å². The molecular weight excluding hydrogens is 362 g/mol. The van der Waals surface area contributed by atoms with Gasteiger partial charge in [0.15, 0.2) is 9.84 Å². The molecule has 0 saturated carbocycles. The van der Waals surface area contributed by atoms with Crippen LogP contribution in [0, 0.1) is 0 Å². The minimum absolute atomic E-state index is 0.0122. The van der Waals surface area contributed by atoms with Crippen LogP contribution in [0.2, 0.25) is 0 Å². The van der Waals surface area contributed by atoms with Crippen molar-refractivity contribution in [3.05, 3.63) is 53.7 Å². The van der Waals surface area contributed by atoms with E-state index in [-0.39, 0.29) is 30.2 Å². The molecule has 7 heteroatoms. The average molecular weight is 385 g/mol. The first-order chi connectivity index (χ1) is 13.0. The number of aromatic nitrogens is 1. The Morgan fingerprint density at radius 1 is 1.26 bits per heavy atom. The zero-order valence-electron chi connectivity index (χ0n) is 15.0. The van der Waals surface area contributed by atoms with Crippen molar-refractivity contribution >= 4 is 26.5 Å². The van der Waals surface area contributed by atoms with Crippen molar-refractivity contribution in [1.82, 2.24) is 15.2 Å². The Kier molecular flexibility index (Phi) is 4.97. The van der Waals surface area contributed by atoms with Gasteiger partial charge in [0.1, 0.15) is 0 Å². The van der Waals surface area contributed by atoms with Crippen LogP contribution in [0.5, 0.6) is 0 Å². The minimum Gasteiger partial charge on any atom is -0.341 e. The summed E-state index contributed by atoms with van der Waals surface area (Å²) in [7, 11) is -3.11. The van der Waals surface area contributed by atoms with Crippen LogP contribution in [0.4, 0.5) is 0 Å². The third-order valence-electron chi connectivity index (χ3n) is 5.29. The van der Waals surface area contributed by atoms with E-state index in [1.807, 2.05) is 29.3 Å². The standard InChI is InChI=1S/C20H23N3O3S/c24-20(12-21-18-7-9-27(25,26)14-18)23-8-3-6-17(13-23)19-10-15-4-1-2-5-16(15)11-22-19/h1-2,4-5,7,9-11,17-18,21H,3,6,8,12-14H2. The largest absolute Gasteiger partial charge is 0.341 e. The van der Waals surface area contributed by atoms with E-state index in [4.69, 9.17) is 0 Å². The highest BCUT2D eigenvalue weighted by Gasteiger charge is 2.27. The number of rotatable bonds is 4. The first-order valence-corrected chi connectivity index (χ1v) is 11.0. The van der Waals surface area contributed by atoms with Crippen molar-refractivity contribution in [2.45, 2.75) is 24.8 Å². The zero-order chi connectivity index (χ0) is 18.9. The average Bonchev–Trinajstić information content (AvgIpc) is 3.04. The first-order valence-electron chi connectivity index (χ1n) is 9.27. The highest BCUT2D eigenvalue weighted by molar-refractivity contribution is 7.94. The van der Waals surface area contributed by atoms with E-state index in [2.05, 4.69) is 22.4 Å². The van der Waals surface area contributed by atoms with E-state index in [1.165, 1.54) is 10.8 Å². The van der Waals surface area contributed by atoms with Crippen molar-refractivity contribution in [1.29, 1.82) is 0 Å². The smallest absolute Gasteiger partial charge is 0.236 e. The van der Waals surface area contributed by atoms with E-state index in [9.17, 15) is 13.2 Å². The maximum Gasteiger partial charge on any atom is 0.236 e. The van der Waals surface area contributed by atoms with E-state index in [1.54, 1.807) is 6.08 Å². The molecule has 1 saturated heterocycles. The Balaban J connectivity index is 1.38. The van der Waals surface area contributed by atoms with Gasteiger partial charge in [0.25, 0.3) is 0 Å². The molecule has 2 aliphatic rings. The summed E-state index contributed by atoms with van der Waals surface area (Å²) < 4.78 is 22.9. The Morgan fingerprint density at radius 2 is 2.07 bits per heavy atom. The molecule has 4 rings (SSSR count). The lowest BCUT2D eigenvalue weighted by Gasteiger charge is -2.33. The fourth-order valence-corrected chi connectivity index (χ4v) is 5.07. The van der Waals surface area contributed by atoms with Gasteiger partial charge in [-0.3, -0.25) is 9.78 Å². The van der Waals surface area contributed by atoms with Gasteiger partial charge in [-0.25, -0.2) is 8.42 Å². The summed E-state index contributed by atoms with van der Waals surface area (Å²) >= 11 is 0. The number of carbonyl (C=O) groups excluding carboxylic acids is 1. The van der Waals surface area contributed by atoms with E-state index in [0.29, 0.717) is 6.54 Å². The molecule has 2 aliphatic heterocycles. The van der Waals surface area contributed by atoms with Crippen LogP contribution < -0.4 is 5.32 Å². The highest BCUT2D eigenvalue weighted by atomic mass is 32.2. The summed E-state index contributed by atoms with van der Waals surface area (Å²) in [5.74, 6) is 0.279. The molecule has 6 nitrogen and oxygen atoms in total. The predicted molar refractivity (Wildman–Crippen MR) is 105 cm³/mol. The predicted octanol–water partition coefficient (Wildman–Crippen LogP) is 1.84. The lowest BCUT2D eigenvalue weighted by Crippen LogP contribution is -2.45. The number of benzene rings is 1. The summed E-state index contributed by atoms with van der Waals surface area (Å²) in [4.78, 5) is 19.1. The van der Waals surface area contributed by atoms with E-state index < -0.39 is 9.84 Å². The second kappa shape index (κ2) is 7.40. The summed E-state index contributed by atoms with van der Waals surface area (Å²) in [6, 6.07) is 10.0. The van der Waals surface area contributed by atoms with Crippen LogP contribution in [0.1, 0.15) is 24.5 Å². The molecule has 0 spiro atoms. The molecule has 1 fully saturated rings. The van der Waals surface area contributed by atoms with Gasteiger partial charge in [-0.1, -0.05) is 30.3 Å². The van der Waals surface area contributed by atoms with Crippen molar-refractivity contribution in [2.24, 2.45) is 0 Å². The number of likely N-dealkylation sites (tertiary alicyclic amines) is 1. The van der Waals surface area contributed by atoms with Crippen molar-refractivity contribution in [3.8, 4) is 0 Å². The molecule has 1 aromatic carbocycles. The minimum atomic E-state index is -3.11. The topological polar surface area (TPSA) is 79.4 Å². The van der Waals surface area contributed by atoms with Crippen molar-refractivity contribution in [3.63, 3.8) is 0 Å². The van der Waals surface area contributed by atoms with Gasteiger partial charge in [-0.15, -0.1) is 0 Å². The summed E-state index contributed by atoms with van der Waals surface area (Å²) in [5, 5.41) is 6.55. The lowest BCUT2D eigenvalue weighted by atomic mass is 9.93. The van der Waals surface area contributed by atoms with Gasteiger partial charge in [0, 0.05) is 47.7 Å². The molecule has 27 heavy (non-hydrogen) atoms. The molecule has 1 aromatic heterocycles. The number of nitrogens with zero attached hydrogens (tertiary/aromatic N) is 2. The van der Waals surface area contributed by atoms with E-state index >= 15 is 0 Å². The Morgan fingerprint density at radius 3 is 2.85 bits per heavy atom. The van der Waals surface area contributed by atoms with Gasteiger partial charge >= 0.3 is 0 Å². The second-order valence-corrected chi connectivity index (χ2v) is 9.21. The Labute approximate surface area is 159 Å². The molecule has 1 N–H and O–H groups in total. The number of pyridine rings is 1. The van der Waals surface area contributed by atoms with Gasteiger partial charge in [-0.2, -0.15) is 0 Å². The molecule has 142 valence electrons. The normalized spacial score (nSPS) is 24.4. The van der Waals surface area contributed by atoms with Gasteiger partial charge in [0.05, 0.1) is 12.3 Å². The molecule has 2 aromatic rings. The molecule has 2 unspecified atom stereocenters. The third kappa shape index (κ3) is 4.20. The van der Waals surface area contributed by atoms with Crippen LogP contribution >= 0.6 is 0 Å². The number of fused-ring (bicyclic) bond motifs is 1. The molecule has 1 amide bonds. The quantitative estimate of drug-likeness (QED) is 0.869. The van der Waals surface area contributed by atoms with Crippen LogP contribution in [0.3, 0.4) is 0 Å². The number of nitrogens with one attached hydrogen (secondary N) is 1. The van der Waals surface area contributed by atoms with Crippen molar-refractivity contribution < 1.29 is 13.2 Å². The molecular formula is C20H23N3O3S. The summed E-state index contributed by atoms with van der Waals surface area (Å²) in [6.45, 7) is 1.55. The number of sulfone groups is 1. The number of carbonyl (C=O) groups is 1. The fraction of sp³-hybridized carbons (Fsp3) is 0.400. The third-order valence-corrected chi connectivity index (χ3v) is 6.69. The molecule has 0 aliphatic carbocycles. The molecule has 3 heterocycles. The SMILES string of the molecule is O=C(CNC1C=CS(=O)(=O)C1)N1CCCC(c2cc3ccccc3cn2)C1. The summed E-state index contributed by atoms with van der Waals surface area (Å²) in [6.07, 6.45) is 5.48. The van der Waals surface area contributed by atoms with Gasteiger partial charge in [0.2, 0.25) is 5.91 Å². The van der Waals surface area contributed by atoms with Crippen LogP contribution in [-0.4, -0.2) is 55.6 Å². The van der Waals surface area contributed by atoms with Crippen LogP contribution in [0.25, 0.3) is 10.8 Å². The maximum atomic E-state index is 12.6. The monoisotopic (exact) mass is 385 g/mol. The number of piperidine rings is 1. The Hall–Kier alpha value is -2.25. The zero-order valence-corrected chi connectivity index (χ0v) is 15.9. The molecule has 0 radical (unpaired) electrons. The second-order valence-electron chi connectivity index (χ2n) is 7.28. The van der Waals surface area contributed by atoms with Crippen LogP contribution in [0.15, 0.2) is 48.0 Å². The Bertz CT molecular complexity index is 987. The van der Waals surface area contributed by atoms with Gasteiger partial charge in [-0.05, 0) is 24.3 Å². The number of amides is 1. The fourth-order valence-electron chi connectivity index (χ4n) is 3.80. The van der Waals surface area contributed by atoms with Crippen LogP contribution in [-0.2, 0) is 14.6 Å². The van der Waals surface area contributed by atoms with Gasteiger partial charge < -0.3 is 10.2 Å². The maximum absolute atomic E-state index is 12.6. The number of hydrogen-bond acceptors (Lipinski definition) is 5. The highest BCUT2D eigenvalue weighted by Crippen LogP contribution is 2.27. The molecule has 0 bridgehead atoms. The van der Waals surface area contributed by atoms with Crippen molar-refractivity contribution in [2.75, 3.05) is 25.4 Å². The first kappa shape index (κ1) is 18.1. The number of hydrogen-bond donors (Lipinski definition) is 1. The molecule has 2 atom stereocenters. The lowest BCUT2D eigenvalue weighted by molar-refractivity contribution is -0.131.